The highest BCUT2D eigenvalue weighted by Gasteiger charge is 2.52. The van der Waals surface area contributed by atoms with Gasteiger partial charge in [-0.3, -0.25) is 14.4 Å². The minimum Gasteiger partial charge on any atom is -0.457 e. The van der Waals surface area contributed by atoms with Gasteiger partial charge in [0.1, 0.15) is 12.2 Å². The Morgan fingerprint density at radius 3 is 1.87 bits per heavy atom. The van der Waals surface area contributed by atoms with Crippen LogP contribution >= 0.6 is 0 Å². The van der Waals surface area contributed by atoms with E-state index in [1.807, 2.05) is 0 Å². The van der Waals surface area contributed by atoms with Crippen molar-refractivity contribution in [2.75, 3.05) is 6.54 Å². The quantitative estimate of drug-likeness (QED) is 0.247. The molecule has 1 aliphatic carbocycles. The molecule has 1 heterocycles. The normalized spacial score (nSPS) is 40.6. The molecule has 1 aliphatic heterocycles. The van der Waals surface area contributed by atoms with Gasteiger partial charge in [0.2, 0.25) is 0 Å². The summed E-state index contributed by atoms with van der Waals surface area (Å²) < 4.78 is 41.9. The standard InChI is InChI=1S/C18H31FN4O8/c1-6(24)27-14-9(21)4-10(22)15(17(14)29-8(3)26)31-18-13(23)12(19)16(28-7(2)25)11(5-20)30-18/h9-18H,4-5,20-23H2,1-3H3/t9-,10+,11-,12+,13-,14+,15-,16-,17-,18-/m1/s1. The third-order valence-corrected chi connectivity index (χ3v) is 5.14. The molecule has 0 aromatic rings. The number of alkyl halides is 1. The third kappa shape index (κ3) is 6.08. The summed E-state index contributed by atoms with van der Waals surface area (Å²) in [6.45, 7) is 3.27. The Kier molecular flexibility index (Phi) is 8.68. The fraction of sp³-hybridized carbons (Fsp3) is 0.833. The highest BCUT2D eigenvalue weighted by Crippen LogP contribution is 2.31. The number of rotatable bonds is 6. The molecule has 10 atom stereocenters. The average Bonchev–Trinajstić information content (AvgIpc) is 2.66. The lowest BCUT2D eigenvalue weighted by atomic mass is 9.84. The summed E-state index contributed by atoms with van der Waals surface area (Å²) in [5.41, 5.74) is 23.8. The van der Waals surface area contributed by atoms with E-state index in [0.29, 0.717) is 0 Å². The maximum absolute atomic E-state index is 14.9. The number of nitrogens with two attached hydrogens (primary N) is 4. The van der Waals surface area contributed by atoms with Crippen molar-refractivity contribution in [3.05, 3.63) is 0 Å². The van der Waals surface area contributed by atoms with Crippen molar-refractivity contribution in [3.8, 4) is 0 Å². The Morgan fingerprint density at radius 2 is 1.35 bits per heavy atom. The van der Waals surface area contributed by atoms with Gasteiger partial charge in [-0.05, 0) is 6.42 Å². The predicted octanol–water partition coefficient (Wildman–Crippen LogP) is -2.43. The maximum atomic E-state index is 14.9. The molecule has 0 aromatic carbocycles. The summed E-state index contributed by atoms with van der Waals surface area (Å²) >= 11 is 0. The van der Waals surface area contributed by atoms with E-state index in [4.69, 9.17) is 46.6 Å². The number of hydrogen-bond donors (Lipinski definition) is 4. The van der Waals surface area contributed by atoms with Crippen molar-refractivity contribution in [2.24, 2.45) is 22.9 Å². The molecule has 13 heteroatoms. The highest BCUT2D eigenvalue weighted by atomic mass is 19.1. The van der Waals surface area contributed by atoms with Gasteiger partial charge in [-0.1, -0.05) is 0 Å². The minimum absolute atomic E-state index is 0.151. The number of ether oxygens (including phenoxy) is 5. The summed E-state index contributed by atoms with van der Waals surface area (Å²) in [5, 5.41) is 0. The summed E-state index contributed by atoms with van der Waals surface area (Å²) in [6.07, 6.45) is -8.74. The van der Waals surface area contributed by atoms with Crippen molar-refractivity contribution < 1.29 is 42.5 Å². The van der Waals surface area contributed by atoms with Gasteiger partial charge in [-0.15, -0.1) is 0 Å². The highest BCUT2D eigenvalue weighted by molar-refractivity contribution is 5.67. The molecule has 0 bridgehead atoms. The SMILES string of the molecule is CC(=O)O[C@@H]1[C@@H](OC(C)=O)[C@H](N)C[C@H](N)[C@H]1O[C@H]1O[C@H](CN)[C@@H](OC(C)=O)[C@@H](F)[C@H]1N. The maximum Gasteiger partial charge on any atom is 0.303 e. The van der Waals surface area contributed by atoms with Crippen LogP contribution in [0.25, 0.3) is 0 Å². The molecule has 0 unspecified atom stereocenters. The summed E-state index contributed by atoms with van der Waals surface area (Å²) in [4.78, 5) is 34.5. The van der Waals surface area contributed by atoms with E-state index in [2.05, 4.69) is 0 Å². The van der Waals surface area contributed by atoms with Crippen LogP contribution in [0.5, 0.6) is 0 Å². The Labute approximate surface area is 179 Å². The van der Waals surface area contributed by atoms with E-state index < -0.39 is 79.0 Å². The van der Waals surface area contributed by atoms with Crippen LogP contribution in [-0.2, 0) is 38.1 Å². The molecular weight excluding hydrogens is 419 g/mol. The lowest BCUT2D eigenvalue weighted by molar-refractivity contribution is -0.285. The minimum atomic E-state index is -1.85. The van der Waals surface area contributed by atoms with Crippen LogP contribution in [0.1, 0.15) is 27.2 Å². The molecule has 178 valence electrons. The lowest BCUT2D eigenvalue weighted by Crippen LogP contribution is -2.68. The zero-order chi connectivity index (χ0) is 23.5. The second kappa shape index (κ2) is 10.6. The number of hydrogen-bond acceptors (Lipinski definition) is 12. The molecular formula is C18H31FN4O8. The molecule has 0 aromatic heterocycles. The van der Waals surface area contributed by atoms with Crippen molar-refractivity contribution in [2.45, 2.75) is 88.3 Å². The molecule has 31 heavy (non-hydrogen) atoms. The molecule has 0 spiro atoms. The summed E-state index contributed by atoms with van der Waals surface area (Å²) in [6, 6.07) is -2.88. The monoisotopic (exact) mass is 450 g/mol. The fourth-order valence-electron chi connectivity index (χ4n) is 3.82. The Bertz CT molecular complexity index is 668. The molecule has 1 saturated heterocycles. The Hall–Kier alpha value is -1.90. The average molecular weight is 450 g/mol. The lowest BCUT2D eigenvalue weighted by Gasteiger charge is -2.47. The van der Waals surface area contributed by atoms with Crippen LogP contribution in [0, 0.1) is 0 Å². The van der Waals surface area contributed by atoms with Gasteiger partial charge in [0.05, 0.1) is 6.04 Å². The van der Waals surface area contributed by atoms with E-state index in [1.54, 1.807) is 0 Å². The fourth-order valence-corrected chi connectivity index (χ4v) is 3.82. The van der Waals surface area contributed by atoms with Gasteiger partial charge in [0.25, 0.3) is 0 Å². The topological polar surface area (TPSA) is 201 Å². The van der Waals surface area contributed by atoms with Gasteiger partial charge in [0.15, 0.2) is 30.8 Å². The third-order valence-electron chi connectivity index (χ3n) is 5.14. The van der Waals surface area contributed by atoms with E-state index in [9.17, 15) is 18.8 Å². The first-order chi connectivity index (χ1) is 14.5. The van der Waals surface area contributed by atoms with Gasteiger partial charge in [-0.2, -0.15) is 0 Å². The van der Waals surface area contributed by atoms with Crippen molar-refractivity contribution >= 4 is 17.9 Å². The smallest absolute Gasteiger partial charge is 0.303 e. The first-order valence-corrected chi connectivity index (χ1v) is 9.89. The first kappa shape index (κ1) is 25.4. The van der Waals surface area contributed by atoms with E-state index in [0.717, 1.165) is 13.8 Å². The largest absolute Gasteiger partial charge is 0.457 e. The summed E-state index contributed by atoms with van der Waals surface area (Å²) in [7, 11) is 0. The van der Waals surface area contributed by atoms with Gasteiger partial charge in [0, 0.05) is 39.4 Å². The molecule has 2 aliphatic rings. The second-order valence-corrected chi connectivity index (χ2v) is 7.69. The van der Waals surface area contributed by atoms with Crippen molar-refractivity contribution in [1.29, 1.82) is 0 Å². The molecule has 1 saturated carbocycles. The van der Waals surface area contributed by atoms with Crippen LogP contribution in [0.3, 0.4) is 0 Å². The summed E-state index contributed by atoms with van der Waals surface area (Å²) in [5.74, 6) is -2.05. The van der Waals surface area contributed by atoms with Crippen LogP contribution < -0.4 is 22.9 Å². The predicted molar refractivity (Wildman–Crippen MR) is 103 cm³/mol. The number of halogens is 1. The zero-order valence-electron chi connectivity index (χ0n) is 17.6. The second-order valence-electron chi connectivity index (χ2n) is 7.69. The van der Waals surface area contributed by atoms with Crippen LogP contribution in [0.2, 0.25) is 0 Å². The van der Waals surface area contributed by atoms with Crippen LogP contribution in [0.15, 0.2) is 0 Å². The zero-order valence-corrected chi connectivity index (χ0v) is 17.6. The molecule has 0 amide bonds. The van der Waals surface area contributed by atoms with Crippen molar-refractivity contribution in [1.82, 2.24) is 0 Å². The van der Waals surface area contributed by atoms with Gasteiger partial charge in [-0.25, -0.2) is 4.39 Å². The number of carbonyl (C=O) groups excluding carboxylic acids is 3. The van der Waals surface area contributed by atoms with E-state index >= 15 is 0 Å². The molecule has 2 rings (SSSR count). The van der Waals surface area contributed by atoms with Crippen LogP contribution in [-0.4, -0.2) is 85.6 Å². The number of carbonyl (C=O) groups is 3. The molecule has 2 fully saturated rings. The molecule has 12 nitrogen and oxygen atoms in total. The molecule has 8 N–H and O–H groups in total. The Balaban J connectivity index is 2.26. The van der Waals surface area contributed by atoms with Gasteiger partial charge >= 0.3 is 17.9 Å². The van der Waals surface area contributed by atoms with Crippen LogP contribution in [0.4, 0.5) is 4.39 Å². The first-order valence-electron chi connectivity index (χ1n) is 9.89. The Morgan fingerprint density at radius 1 is 0.871 bits per heavy atom. The van der Waals surface area contributed by atoms with Gasteiger partial charge < -0.3 is 46.6 Å². The number of esters is 3. The molecule has 0 radical (unpaired) electrons. The van der Waals surface area contributed by atoms with Crippen molar-refractivity contribution in [3.63, 3.8) is 0 Å². The van der Waals surface area contributed by atoms with E-state index in [-0.39, 0.29) is 13.0 Å². The van der Waals surface area contributed by atoms with E-state index in [1.165, 1.54) is 6.92 Å².